The van der Waals surface area contributed by atoms with Crippen LogP contribution in [0.2, 0.25) is 0 Å². The van der Waals surface area contributed by atoms with Crippen molar-refractivity contribution < 1.29 is 92.3 Å². The van der Waals surface area contributed by atoms with Crippen LogP contribution >= 0.6 is 0 Å². The summed E-state index contributed by atoms with van der Waals surface area (Å²) in [4.78, 5) is 202. The molecule has 0 aliphatic heterocycles. The summed E-state index contributed by atoms with van der Waals surface area (Å²) in [6.45, 7) is 11.8. The smallest absolute Gasteiger partial charge is 0.326 e. The van der Waals surface area contributed by atoms with Crippen molar-refractivity contribution in [3.63, 3.8) is 0 Å². The number of carbonyl (C=O) groups is 15. The maximum Gasteiger partial charge on any atom is 0.326 e. The van der Waals surface area contributed by atoms with Crippen LogP contribution in [0.5, 0.6) is 0 Å². The maximum atomic E-state index is 14.4. The van der Waals surface area contributed by atoms with Crippen LogP contribution in [-0.2, 0) is 78.3 Å². The number of hydrogen-bond donors (Lipinski definition) is 19. The number of hydrogen-bond acceptors (Lipinski definition) is 18. The molecule has 23 N–H and O–H groups in total. The average Bonchev–Trinajstić information content (AvgIpc) is 1.79. The van der Waals surface area contributed by atoms with Gasteiger partial charge >= 0.3 is 17.9 Å². The van der Waals surface area contributed by atoms with E-state index in [-0.39, 0.29) is 51.0 Å². The van der Waals surface area contributed by atoms with Crippen LogP contribution in [0, 0.1) is 23.7 Å². The van der Waals surface area contributed by atoms with Gasteiger partial charge in [0.1, 0.15) is 60.4 Å². The van der Waals surface area contributed by atoms with Crippen molar-refractivity contribution in [3.8, 4) is 0 Å². The molecule has 0 fully saturated rings. The Morgan fingerprint density at radius 3 is 1.30 bits per heavy atom. The van der Waals surface area contributed by atoms with E-state index in [0.717, 1.165) is 10.9 Å². The molecule has 0 saturated heterocycles. The number of aliphatic hydroxyl groups excluding tert-OH is 1. The number of carboxylic acid groups (broad SMARTS) is 3. The van der Waals surface area contributed by atoms with E-state index < -0.39 is 205 Å². The summed E-state index contributed by atoms with van der Waals surface area (Å²) in [6, 6.07) is -11.1. The lowest BCUT2D eigenvalue weighted by Gasteiger charge is -2.30. The second-order valence-electron chi connectivity index (χ2n) is 23.9. The fourth-order valence-electron chi connectivity index (χ4n) is 9.48. The monoisotopic (exact) mass is 1320 g/mol. The van der Waals surface area contributed by atoms with Gasteiger partial charge in [-0.2, -0.15) is 0 Å². The molecule has 12 amide bonds. The standard InChI is InChI=1S/C59H93N15O19/c1-9-30(8)48(58(91)71-40(23-45(78)79)55(88)69-39(22-44(63)77)53(86)67-37(19-28(4)5)52(85)70-41(24-46(80)81)56(89)73-47(29(6)7)59(92)93)74-50(83)35(16-12-13-17-60)65-51(84)36(18-27(2)3)68-57(90)42(26-75)72-54(87)38(21-43(62)76)66-49(82)33(61)20-31-25-64-34-15-11-10-14-32(31)34/h10-11,14-15,25,27-30,33,35-42,47-48,64,75H,9,12-13,16-24,26,60-61H2,1-8H3,(H2,62,76)(H2,63,77)(H,65,84)(H,66,82)(H,67,86)(H,68,90)(H,69,88)(H,70,85)(H,71,91)(H,72,87)(H,73,89)(H,74,83)(H,78,79)(H,80,81)(H,92,93)/t30-,33-,35-,36-,37-,38-,39-,40-,41-,42-,47-,48-/m0/s1. The van der Waals surface area contributed by atoms with Gasteiger partial charge in [-0.3, -0.25) is 67.1 Å². The van der Waals surface area contributed by atoms with Gasteiger partial charge in [-0.05, 0) is 80.4 Å². The molecular formula is C59H93N15O19. The molecule has 34 heteroatoms. The van der Waals surface area contributed by atoms with Crippen molar-refractivity contribution in [2.75, 3.05) is 13.2 Å². The van der Waals surface area contributed by atoms with E-state index >= 15 is 0 Å². The third-order valence-electron chi connectivity index (χ3n) is 14.7. The summed E-state index contributed by atoms with van der Waals surface area (Å²) in [7, 11) is 0. The lowest BCUT2D eigenvalue weighted by Crippen LogP contribution is -2.62. The van der Waals surface area contributed by atoms with Crippen molar-refractivity contribution in [3.05, 3.63) is 36.0 Å². The molecule has 1 aromatic carbocycles. The molecule has 34 nitrogen and oxygen atoms in total. The van der Waals surface area contributed by atoms with Gasteiger partial charge in [0.15, 0.2) is 0 Å². The van der Waals surface area contributed by atoms with Crippen molar-refractivity contribution in [1.82, 2.24) is 58.2 Å². The molecule has 0 unspecified atom stereocenters. The number of fused-ring (bicyclic) bond motifs is 1. The number of primary amides is 2. The molecule has 2 rings (SSSR count). The molecule has 12 atom stereocenters. The van der Waals surface area contributed by atoms with Gasteiger partial charge in [-0.25, -0.2) is 4.79 Å². The van der Waals surface area contributed by atoms with Crippen molar-refractivity contribution in [2.24, 2.45) is 46.6 Å². The Bertz CT molecular complexity index is 2970. The van der Waals surface area contributed by atoms with Crippen molar-refractivity contribution in [2.45, 2.75) is 192 Å². The lowest BCUT2D eigenvalue weighted by atomic mass is 9.96. The van der Waals surface area contributed by atoms with E-state index in [2.05, 4.69) is 58.2 Å². The first kappa shape index (κ1) is 79.8. The van der Waals surface area contributed by atoms with Crippen molar-refractivity contribution >= 4 is 99.7 Å². The first-order chi connectivity index (χ1) is 43.5. The summed E-state index contributed by atoms with van der Waals surface area (Å²) in [5, 5.41) is 63.5. The summed E-state index contributed by atoms with van der Waals surface area (Å²) in [6.07, 6.45) is -1.97. The number of nitrogens with two attached hydrogens (primary N) is 4. The van der Waals surface area contributed by atoms with Crippen LogP contribution < -0.4 is 76.1 Å². The highest BCUT2D eigenvalue weighted by Crippen LogP contribution is 2.20. The largest absolute Gasteiger partial charge is 0.481 e. The zero-order valence-electron chi connectivity index (χ0n) is 53.5. The molecule has 1 aromatic heterocycles. The minimum Gasteiger partial charge on any atom is -0.481 e. The van der Waals surface area contributed by atoms with E-state index in [0.29, 0.717) is 12.0 Å². The zero-order valence-corrected chi connectivity index (χ0v) is 53.5. The molecule has 0 aliphatic rings. The van der Waals surface area contributed by atoms with Gasteiger partial charge in [0, 0.05) is 17.1 Å². The first-order valence-electron chi connectivity index (χ1n) is 30.4. The number of nitrogens with one attached hydrogen (secondary N) is 11. The number of unbranched alkanes of at least 4 members (excludes halogenated alkanes) is 1. The number of aliphatic hydroxyl groups is 1. The Balaban J connectivity index is 2.40. The third-order valence-corrected chi connectivity index (χ3v) is 14.7. The van der Waals surface area contributed by atoms with Gasteiger partial charge in [-0.1, -0.05) is 80.0 Å². The van der Waals surface area contributed by atoms with E-state index in [4.69, 9.17) is 22.9 Å². The van der Waals surface area contributed by atoms with Gasteiger partial charge in [0.2, 0.25) is 70.9 Å². The quantitative estimate of drug-likeness (QED) is 0.0279. The zero-order chi connectivity index (χ0) is 70.6. The molecule has 0 radical (unpaired) electrons. The normalized spacial score (nSPS) is 15.2. The molecular weight excluding hydrogens is 1220 g/mol. The minimum absolute atomic E-state index is 0.0118. The summed E-state index contributed by atoms with van der Waals surface area (Å²) in [5.41, 5.74) is 24.3. The molecule has 518 valence electrons. The van der Waals surface area contributed by atoms with E-state index in [9.17, 15) is 92.3 Å². The third kappa shape index (κ3) is 27.6. The molecule has 0 saturated carbocycles. The number of carboxylic acids is 3. The molecule has 2 aromatic rings. The average molecular weight is 1320 g/mol. The van der Waals surface area contributed by atoms with E-state index in [1.54, 1.807) is 46.9 Å². The summed E-state index contributed by atoms with van der Waals surface area (Å²) in [5.74, 6) is -20.3. The fourth-order valence-corrected chi connectivity index (χ4v) is 9.48. The number of aromatic amines is 1. The molecule has 0 aliphatic carbocycles. The molecule has 1 heterocycles. The molecule has 0 bridgehead atoms. The number of amides is 12. The first-order valence-corrected chi connectivity index (χ1v) is 30.4. The van der Waals surface area contributed by atoms with Gasteiger partial charge in [0.05, 0.1) is 38.3 Å². The number of aromatic nitrogens is 1. The van der Waals surface area contributed by atoms with E-state index in [1.165, 1.54) is 20.8 Å². The topological polar surface area (TPSA) is 577 Å². The second kappa shape index (κ2) is 39.2. The van der Waals surface area contributed by atoms with Gasteiger partial charge < -0.3 is 102 Å². The second-order valence-corrected chi connectivity index (χ2v) is 23.9. The highest BCUT2D eigenvalue weighted by molar-refractivity contribution is 6.01. The Kier molecular flexibility index (Phi) is 33.6. The van der Waals surface area contributed by atoms with Crippen LogP contribution in [0.4, 0.5) is 0 Å². The van der Waals surface area contributed by atoms with Crippen LogP contribution in [0.3, 0.4) is 0 Å². The summed E-state index contributed by atoms with van der Waals surface area (Å²) >= 11 is 0. The summed E-state index contributed by atoms with van der Waals surface area (Å²) < 4.78 is 0. The van der Waals surface area contributed by atoms with Gasteiger partial charge in [0.25, 0.3) is 0 Å². The van der Waals surface area contributed by atoms with Gasteiger partial charge in [-0.15, -0.1) is 0 Å². The Morgan fingerprint density at radius 2 is 0.871 bits per heavy atom. The van der Waals surface area contributed by atoms with E-state index in [1.807, 2.05) is 18.2 Å². The number of benzene rings is 1. The fraction of sp³-hybridized carbons (Fsp3) is 0.610. The maximum absolute atomic E-state index is 14.4. The Hall–Kier alpha value is -9.31. The Morgan fingerprint density at radius 1 is 0.484 bits per heavy atom. The lowest BCUT2D eigenvalue weighted by molar-refractivity contribution is -0.145. The molecule has 0 spiro atoms. The number of rotatable bonds is 43. The number of para-hydroxylation sites is 1. The molecule has 93 heavy (non-hydrogen) atoms. The predicted molar refractivity (Wildman–Crippen MR) is 332 cm³/mol. The number of carbonyl (C=O) groups excluding carboxylic acids is 12. The van der Waals surface area contributed by atoms with Crippen LogP contribution in [0.25, 0.3) is 10.9 Å². The van der Waals surface area contributed by atoms with Crippen LogP contribution in [0.1, 0.15) is 125 Å². The van der Waals surface area contributed by atoms with Crippen molar-refractivity contribution in [1.29, 1.82) is 0 Å². The Labute approximate surface area is 536 Å². The minimum atomic E-state index is -2.06. The predicted octanol–water partition coefficient (Wildman–Crippen LogP) is -4.41. The number of aliphatic carboxylic acids is 3. The van der Waals surface area contributed by atoms with Crippen LogP contribution in [-0.4, -0.2) is 194 Å². The highest BCUT2D eigenvalue weighted by atomic mass is 16.4. The SMILES string of the molecule is CC[C@H](C)[C@H](NC(=O)[C@H](CCCCN)NC(=O)[C@H](CC(C)C)NC(=O)[C@H](CO)NC(=O)[C@H](CC(N)=O)NC(=O)[C@@H](N)Cc1c[nH]c2ccccc12)C(=O)N[C@@H](CC(=O)O)C(=O)N[C@@H](CC(N)=O)C(=O)N[C@@H](CC(C)C)C(=O)N[C@@H](CC(=O)O)C(=O)N[C@H](C(=O)O)C(C)C. The number of H-pyrrole nitrogens is 1. The van der Waals surface area contributed by atoms with Crippen LogP contribution in [0.15, 0.2) is 30.5 Å². The highest BCUT2D eigenvalue weighted by Gasteiger charge is 2.39.